The molecule has 9 rings (SSSR count). The highest BCUT2D eigenvalue weighted by Crippen LogP contribution is 2.60. The molecule has 4 atom stereocenters. The van der Waals surface area contributed by atoms with Crippen LogP contribution in [0, 0.1) is 11.8 Å². The molecular weight excluding hydrogens is 585 g/mol. The van der Waals surface area contributed by atoms with E-state index in [1.807, 2.05) is 84.9 Å². The molecule has 228 valence electrons. The Morgan fingerprint density at radius 1 is 0.312 bits per heavy atom. The Labute approximate surface area is 279 Å². The molecular formula is C46H32O2. The first-order chi connectivity index (χ1) is 23.6. The van der Waals surface area contributed by atoms with Gasteiger partial charge in [-0.2, -0.15) is 0 Å². The van der Waals surface area contributed by atoms with E-state index in [1.165, 1.54) is 0 Å². The van der Waals surface area contributed by atoms with Gasteiger partial charge >= 0.3 is 0 Å². The molecule has 1 fully saturated rings. The second kappa shape index (κ2) is 11.4. The maximum absolute atomic E-state index is 14.9. The summed E-state index contributed by atoms with van der Waals surface area (Å²) < 4.78 is 0. The lowest BCUT2D eigenvalue weighted by Gasteiger charge is -2.51. The second-order valence-electron chi connectivity index (χ2n) is 13.2. The Kier molecular flexibility index (Phi) is 6.76. The van der Waals surface area contributed by atoms with Gasteiger partial charge in [0.25, 0.3) is 0 Å². The molecule has 0 bridgehead atoms. The number of hydrogen-bond acceptors (Lipinski definition) is 2. The van der Waals surface area contributed by atoms with Crippen LogP contribution < -0.4 is 0 Å². The van der Waals surface area contributed by atoms with Gasteiger partial charge in [-0.3, -0.25) is 9.59 Å². The molecule has 1 aliphatic carbocycles. The fourth-order valence-corrected chi connectivity index (χ4v) is 8.13. The van der Waals surface area contributed by atoms with E-state index in [-0.39, 0.29) is 23.4 Å². The molecule has 0 aliphatic heterocycles. The number of hydrogen-bond donors (Lipinski definition) is 0. The first kappa shape index (κ1) is 28.4. The highest BCUT2D eigenvalue weighted by molar-refractivity contribution is 6.10. The average Bonchev–Trinajstić information content (AvgIpc) is 3.13. The minimum Gasteiger partial charge on any atom is -0.294 e. The molecule has 8 aromatic carbocycles. The van der Waals surface area contributed by atoms with Crippen molar-refractivity contribution in [1.82, 2.24) is 0 Å². The lowest BCUT2D eigenvalue weighted by molar-refractivity contribution is 0.0457. The molecule has 2 heteroatoms. The molecule has 0 spiro atoms. The fourth-order valence-electron chi connectivity index (χ4n) is 8.13. The molecule has 0 N–H and O–H groups in total. The summed E-state index contributed by atoms with van der Waals surface area (Å²) in [7, 11) is 0. The van der Waals surface area contributed by atoms with E-state index in [1.54, 1.807) is 0 Å². The minimum atomic E-state index is -0.525. The Morgan fingerprint density at radius 3 is 0.958 bits per heavy atom. The predicted octanol–water partition coefficient (Wildman–Crippen LogP) is 11.2. The van der Waals surface area contributed by atoms with Crippen LogP contribution in [-0.2, 0) is 0 Å². The molecule has 0 radical (unpaired) electrons. The SMILES string of the molecule is O=C(c1ccc2ccccc2c1)[C@H]1[C@H](C(=O)c2ccc3ccccc3c2)[C@@H](c2ccc3ccccc3c2)[C@@H]1c1ccc2ccccc2c1. The third-order valence-electron chi connectivity index (χ3n) is 10.5. The monoisotopic (exact) mass is 616 g/mol. The summed E-state index contributed by atoms with van der Waals surface area (Å²) in [4.78, 5) is 29.8. The van der Waals surface area contributed by atoms with Crippen LogP contribution >= 0.6 is 0 Å². The van der Waals surface area contributed by atoms with Crippen molar-refractivity contribution < 1.29 is 9.59 Å². The zero-order valence-corrected chi connectivity index (χ0v) is 26.3. The van der Waals surface area contributed by atoms with Crippen molar-refractivity contribution in [2.45, 2.75) is 11.8 Å². The van der Waals surface area contributed by atoms with Crippen LogP contribution in [0.15, 0.2) is 170 Å². The smallest absolute Gasteiger partial charge is 0.167 e. The van der Waals surface area contributed by atoms with E-state index in [0.717, 1.165) is 54.2 Å². The van der Waals surface area contributed by atoms with Gasteiger partial charge in [0.2, 0.25) is 0 Å². The number of Topliss-reactive ketones (excluding diaryl/α,β-unsaturated/α-hetero) is 2. The molecule has 48 heavy (non-hydrogen) atoms. The van der Waals surface area contributed by atoms with E-state index in [2.05, 4.69) is 84.9 Å². The first-order valence-corrected chi connectivity index (χ1v) is 16.7. The number of fused-ring (bicyclic) bond motifs is 4. The predicted molar refractivity (Wildman–Crippen MR) is 197 cm³/mol. The maximum Gasteiger partial charge on any atom is 0.167 e. The van der Waals surface area contributed by atoms with Gasteiger partial charge in [0, 0.05) is 34.8 Å². The molecule has 1 saturated carbocycles. The van der Waals surface area contributed by atoms with Crippen molar-refractivity contribution >= 4 is 54.7 Å². The van der Waals surface area contributed by atoms with Gasteiger partial charge in [0.1, 0.15) is 0 Å². The lowest BCUT2D eigenvalue weighted by Crippen LogP contribution is -2.51. The number of carbonyl (C=O) groups excluding carboxylic acids is 2. The number of rotatable bonds is 6. The highest BCUT2D eigenvalue weighted by atomic mass is 16.1. The van der Waals surface area contributed by atoms with Crippen molar-refractivity contribution in [3.8, 4) is 0 Å². The standard InChI is InChI=1S/C46H32O2/c47-45(39-23-19-31-11-3-7-15-35(31)27-39)43-41(37-21-17-29-9-1-5-13-33(29)25-37)42(38-22-18-30-10-2-6-14-34(30)26-38)44(43)46(48)40-24-20-32-12-4-8-16-36(32)28-40/h1-28,41-44H/t41-,42-,43+,44+/m0/s1. The van der Waals surface area contributed by atoms with Crippen molar-refractivity contribution in [3.05, 3.63) is 192 Å². The van der Waals surface area contributed by atoms with Crippen LogP contribution in [0.25, 0.3) is 43.1 Å². The topological polar surface area (TPSA) is 34.1 Å². The zero-order valence-electron chi connectivity index (χ0n) is 26.3. The maximum atomic E-state index is 14.9. The lowest BCUT2D eigenvalue weighted by atomic mass is 9.49. The molecule has 8 aromatic rings. The summed E-state index contributed by atoms with van der Waals surface area (Å²) in [6, 6.07) is 57.9. The Hall–Kier alpha value is -5.86. The number of carbonyl (C=O) groups is 2. The van der Waals surface area contributed by atoms with E-state index in [4.69, 9.17) is 0 Å². The van der Waals surface area contributed by atoms with E-state index in [0.29, 0.717) is 11.1 Å². The fraction of sp³-hybridized carbons (Fsp3) is 0.0870. The summed E-state index contributed by atoms with van der Waals surface area (Å²) in [5.41, 5.74) is 3.48. The summed E-state index contributed by atoms with van der Waals surface area (Å²) in [6.07, 6.45) is 0. The van der Waals surface area contributed by atoms with Crippen molar-refractivity contribution in [3.63, 3.8) is 0 Å². The van der Waals surface area contributed by atoms with Crippen molar-refractivity contribution in [1.29, 1.82) is 0 Å². The summed E-state index contributed by atoms with van der Waals surface area (Å²) in [5, 5.41) is 8.80. The Balaban J connectivity index is 1.24. The van der Waals surface area contributed by atoms with Gasteiger partial charge < -0.3 is 0 Å². The summed E-state index contributed by atoms with van der Waals surface area (Å²) in [5.74, 6) is -1.36. The van der Waals surface area contributed by atoms with Crippen LogP contribution in [-0.4, -0.2) is 11.6 Å². The quantitative estimate of drug-likeness (QED) is 0.174. The second-order valence-corrected chi connectivity index (χ2v) is 13.2. The van der Waals surface area contributed by atoms with Gasteiger partial charge in [-0.05, 0) is 66.3 Å². The Morgan fingerprint density at radius 2 is 0.604 bits per heavy atom. The molecule has 0 heterocycles. The minimum absolute atomic E-state index is 0.0232. The highest BCUT2D eigenvalue weighted by Gasteiger charge is 2.58. The molecule has 0 unspecified atom stereocenters. The summed E-state index contributed by atoms with van der Waals surface area (Å²) >= 11 is 0. The van der Waals surface area contributed by atoms with Crippen LogP contribution in [0.4, 0.5) is 0 Å². The van der Waals surface area contributed by atoms with Crippen molar-refractivity contribution in [2.75, 3.05) is 0 Å². The van der Waals surface area contributed by atoms with Gasteiger partial charge in [0.15, 0.2) is 11.6 Å². The first-order valence-electron chi connectivity index (χ1n) is 16.7. The number of benzene rings is 8. The van der Waals surface area contributed by atoms with Crippen LogP contribution in [0.5, 0.6) is 0 Å². The van der Waals surface area contributed by atoms with Gasteiger partial charge in [-0.15, -0.1) is 0 Å². The number of ketones is 2. The normalized spacial score (nSPS) is 19.0. The molecule has 2 nitrogen and oxygen atoms in total. The van der Waals surface area contributed by atoms with E-state index in [9.17, 15) is 9.59 Å². The van der Waals surface area contributed by atoms with Crippen LogP contribution in [0.2, 0.25) is 0 Å². The van der Waals surface area contributed by atoms with Crippen LogP contribution in [0.1, 0.15) is 43.7 Å². The van der Waals surface area contributed by atoms with Crippen LogP contribution in [0.3, 0.4) is 0 Å². The molecule has 0 saturated heterocycles. The third kappa shape index (κ3) is 4.72. The van der Waals surface area contributed by atoms with Gasteiger partial charge in [0.05, 0.1) is 0 Å². The van der Waals surface area contributed by atoms with Gasteiger partial charge in [-0.25, -0.2) is 0 Å². The average molecular weight is 617 g/mol. The zero-order chi connectivity index (χ0) is 32.2. The molecule has 0 aromatic heterocycles. The van der Waals surface area contributed by atoms with Crippen molar-refractivity contribution in [2.24, 2.45) is 11.8 Å². The largest absolute Gasteiger partial charge is 0.294 e. The summed E-state index contributed by atoms with van der Waals surface area (Å²) in [6.45, 7) is 0. The van der Waals surface area contributed by atoms with E-state index < -0.39 is 11.8 Å². The molecule has 1 aliphatic rings. The van der Waals surface area contributed by atoms with Gasteiger partial charge in [-0.1, -0.05) is 158 Å². The third-order valence-corrected chi connectivity index (χ3v) is 10.5. The van der Waals surface area contributed by atoms with E-state index >= 15 is 0 Å². The Bertz CT molecular complexity index is 2360. The molecule has 0 amide bonds.